The maximum absolute atomic E-state index is 12.9. The van der Waals surface area contributed by atoms with Crippen LogP contribution in [-0.2, 0) is 0 Å². The number of hydrogen-bond acceptors (Lipinski definition) is 4. The highest BCUT2D eigenvalue weighted by atomic mass is 16.2. The van der Waals surface area contributed by atoms with E-state index in [0.29, 0.717) is 5.56 Å². The quantitative estimate of drug-likeness (QED) is 0.861. The van der Waals surface area contributed by atoms with Crippen molar-refractivity contribution < 1.29 is 4.79 Å². The van der Waals surface area contributed by atoms with E-state index in [4.69, 9.17) is 0 Å². The largest absolute Gasteiger partial charge is 0.365 e. The third-order valence-electron chi connectivity index (χ3n) is 4.64. The molecule has 0 atom stereocenters. The van der Waals surface area contributed by atoms with Crippen LogP contribution in [0.5, 0.6) is 0 Å². The van der Waals surface area contributed by atoms with Crippen LogP contribution in [0.1, 0.15) is 36.7 Å². The first-order valence-corrected chi connectivity index (χ1v) is 9.88. The number of nitrogens with zero attached hydrogens (tertiary/aromatic N) is 3. The van der Waals surface area contributed by atoms with Gasteiger partial charge in [-0.1, -0.05) is 42.5 Å². The molecule has 1 saturated heterocycles. The Morgan fingerprint density at radius 1 is 1.11 bits per heavy atom. The van der Waals surface area contributed by atoms with Gasteiger partial charge in [-0.3, -0.25) is 9.69 Å². The highest BCUT2D eigenvalue weighted by Crippen LogP contribution is 2.15. The minimum absolute atomic E-state index is 0.0823. The molecule has 1 aliphatic heterocycles. The van der Waals surface area contributed by atoms with E-state index in [0.717, 1.165) is 38.5 Å². The fourth-order valence-corrected chi connectivity index (χ4v) is 3.23. The summed E-state index contributed by atoms with van der Waals surface area (Å²) in [6.45, 7) is 10.4. The van der Waals surface area contributed by atoms with Gasteiger partial charge in [-0.15, -0.1) is 0 Å². The normalized spacial score (nSPS) is 15.8. The van der Waals surface area contributed by atoms with Crippen LogP contribution in [0, 0.1) is 0 Å². The van der Waals surface area contributed by atoms with Gasteiger partial charge in [-0.25, -0.2) is 4.98 Å². The predicted molar refractivity (Wildman–Crippen MR) is 115 cm³/mol. The zero-order chi connectivity index (χ0) is 20.0. The number of rotatable bonds is 5. The summed E-state index contributed by atoms with van der Waals surface area (Å²) in [6.07, 6.45) is 6.05. The van der Waals surface area contributed by atoms with Crippen molar-refractivity contribution in [1.82, 2.24) is 14.8 Å². The van der Waals surface area contributed by atoms with Gasteiger partial charge < -0.3 is 10.2 Å². The zero-order valence-corrected chi connectivity index (χ0v) is 17.1. The van der Waals surface area contributed by atoms with E-state index in [1.165, 1.54) is 5.56 Å². The third kappa shape index (κ3) is 5.92. The Hall–Kier alpha value is -2.66. The first-order chi connectivity index (χ1) is 13.4. The van der Waals surface area contributed by atoms with Crippen molar-refractivity contribution in [2.24, 2.45) is 0 Å². The van der Waals surface area contributed by atoms with Crippen molar-refractivity contribution >= 4 is 17.8 Å². The number of nitrogens with one attached hydrogen (secondary N) is 1. The zero-order valence-electron chi connectivity index (χ0n) is 17.1. The van der Waals surface area contributed by atoms with E-state index in [-0.39, 0.29) is 11.4 Å². The van der Waals surface area contributed by atoms with Crippen LogP contribution < -0.4 is 5.32 Å². The topological polar surface area (TPSA) is 48.5 Å². The molecule has 1 aliphatic rings. The summed E-state index contributed by atoms with van der Waals surface area (Å²) in [5.41, 5.74) is 1.82. The summed E-state index contributed by atoms with van der Waals surface area (Å²) in [6, 6.07) is 14.0. The fourth-order valence-electron chi connectivity index (χ4n) is 3.23. The molecule has 2 aromatic rings. The molecule has 0 unspecified atom stereocenters. The lowest BCUT2D eigenvalue weighted by molar-refractivity contribution is 0.0650. The molecule has 1 N–H and O–H groups in total. The molecule has 0 bridgehead atoms. The van der Waals surface area contributed by atoms with Crippen molar-refractivity contribution in [3.8, 4) is 0 Å². The van der Waals surface area contributed by atoms with Gasteiger partial charge in [-0.05, 0) is 38.5 Å². The maximum atomic E-state index is 12.9. The van der Waals surface area contributed by atoms with Gasteiger partial charge in [0.25, 0.3) is 5.91 Å². The molecule has 0 spiro atoms. The van der Waals surface area contributed by atoms with Gasteiger partial charge in [0.1, 0.15) is 5.82 Å². The Morgan fingerprint density at radius 2 is 1.82 bits per heavy atom. The van der Waals surface area contributed by atoms with Crippen LogP contribution in [0.4, 0.5) is 5.82 Å². The summed E-state index contributed by atoms with van der Waals surface area (Å²) < 4.78 is 0. The Labute approximate surface area is 168 Å². The second kappa shape index (κ2) is 9.02. The molecule has 1 amide bonds. The van der Waals surface area contributed by atoms with E-state index in [2.05, 4.69) is 60.3 Å². The summed E-state index contributed by atoms with van der Waals surface area (Å²) in [4.78, 5) is 21.5. The molecule has 1 aromatic heterocycles. The highest BCUT2D eigenvalue weighted by Gasteiger charge is 2.22. The van der Waals surface area contributed by atoms with Crippen LogP contribution in [0.2, 0.25) is 0 Å². The number of benzene rings is 1. The minimum Gasteiger partial charge on any atom is -0.365 e. The third-order valence-corrected chi connectivity index (χ3v) is 4.64. The second-order valence-corrected chi connectivity index (χ2v) is 8.21. The maximum Gasteiger partial charge on any atom is 0.254 e. The first kappa shape index (κ1) is 20.1. The molecule has 0 aliphatic carbocycles. The lowest BCUT2D eigenvalue weighted by Crippen LogP contribution is -2.48. The first-order valence-electron chi connectivity index (χ1n) is 9.88. The van der Waals surface area contributed by atoms with E-state index in [1.807, 2.05) is 29.2 Å². The number of carbonyl (C=O) groups excluding carboxylic acids is 1. The Kier molecular flexibility index (Phi) is 6.47. The molecule has 1 aromatic carbocycles. The number of amides is 1. The molecule has 5 heteroatoms. The average molecular weight is 379 g/mol. The molecule has 148 valence electrons. The van der Waals surface area contributed by atoms with E-state index < -0.39 is 0 Å². The minimum atomic E-state index is -0.0897. The standard InChI is InChI=1S/C23H30N4O/c1-23(2,3)25-21-18-20(11-12-24-21)22(28)27-16-14-26(15-17-27)13-7-10-19-8-5-4-6-9-19/h4-12,18H,13-17H2,1-3H3,(H,24,25)/b10-7+. The van der Waals surface area contributed by atoms with E-state index in [9.17, 15) is 4.79 Å². The van der Waals surface area contributed by atoms with Crippen molar-refractivity contribution in [3.63, 3.8) is 0 Å². The summed E-state index contributed by atoms with van der Waals surface area (Å²) in [5, 5.41) is 3.33. The van der Waals surface area contributed by atoms with Gasteiger partial charge in [-0.2, -0.15) is 0 Å². The molecule has 28 heavy (non-hydrogen) atoms. The molecule has 0 saturated carbocycles. The lowest BCUT2D eigenvalue weighted by atomic mass is 10.1. The summed E-state index contributed by atoms with van der Waals surface area (Å²) in [5.74, 6) is 0.821. The number of hydrogen-bond donors (Lipinski definition) is 1. The van der Waals surface area contributed by atoms with Crippen LogP contribution >= 0.6 is 0 Å². The summed E-state index contributed by atoms with van der Waals surface area (Å²) >= 11 is 0. The SMILES string of the molecule is CC(C)(C)Nc1cc(C(=O)N2CCN(C/C=C/c3ccccc3)CC2)ccn1. The van der Waals surface area contributed by atoms with Crippen molar-refractivity contribution in [3.05, 3.63) is 65.9 Å². The lowest BCUT2D eigenvalue weighted by Gasteiger charge is -2.34. The molecular formula is C23H30N4O. The van der Waals surface area contributed by atoms with E-state index in [1.54, 1.807) is 12.3 Å². The molecule has 2 heterocycles. The predicted octanol–water partition coefficient (Wildman–Crippen LogP) is 3.76. The van der Waals surface area contributed by atoms with Gasteiger partial charge in [0.15, 0.2) is 0 Å². The van der Waals surface area contributed by atoms with Crippen LogP contribution in [-0.4, -0.2) is 59.0 Å². The van der Waals surface area contributed by atoms with Gasteiger partial charge >= 0.3 is 0 Å². The van der Waals surface area contributed by atoms with Crippen molar-refractivity contribution in [2.45, 2.75) is 26.3 Å². The van der Waals surface area contributed by atoms with Crippen LogP contribution in [0.15, 0.2) is 54.7 Å². The Morgan fingerprint density at radius 3 is 2.50 bits per heavy atom. The Balaban J connectivity index is 1.51. The molecule has 0 radical (unpaired) electrons. The molecule has 1 fully saturated rings. The fraction of sp³-hybridized carbons (Fsp3) is 0.391. The number of aromatic nitrogens is 1. The van der Waals surface area contributed by atoms with Gasteiger partial charge in [0, 0.05) is 50.0 Å². The number of anilines is 1. The monoisotopic (exact) mass is 378 g/mol. The number of carbonyl (C=O) groups is 1. The van der Waals surface area contributed by atoms with Crippen LogP contribution in [0.3, 0.4) is 0 Å². The van der Waals surface area contributed by atoms with Gasteiger partial charge in [0.05, 0.1) is 0 Å². The second-order valence-electron chi connectivity index (χ2n) is 8.21. The molecule has 5 nitrogen and oxygen atoms in total. The molecule has 3 rings (SSSR count). The van der Waals surface area contributed by atoms with Crippen molar-refractivity contribution in [1.29, 1.82) is 0 Å². The number of piperazine rings is 1. The molecular weight excluding hydrogens is 348 g/mol. The average Bonchev–Trinajstić information content (AvgIpc) is 2.68. The van der Waals surface area contributed by atoms with Crippen LogP contribution in [0.25, 0.3) is 6.08 Å². The number of pyridine rings is 1. The van der Waals surface area contributed by atoms with E-state index >= 15 is 0 Å². The highest BCUT2D eigenvalue weighted by molar-refractivity contribution is 5.94. The Bertz CT molecular complexity index is 803. The van der Waals surface area contributed by atoms with Gasteiger partial charge in [0.2, 0.25) is 0 Å². The summed E-state index contributed by atoms with van der Waals surface area (Å²) in [7, 11) is 0. The smallest absolute Gasteiger partial charge is 0.254 e. The van der Waals surface area contributed by atoms with Crippen molar-refractivity contribution in [2.75, 3.05) is 38.0 Å².